The Kier molecular flexibility index (Phi) is 31.5. The Hall–Kier alpha value is -10.3. The first kappa shape index (κ1) is 93.9. The Balaban J connectivity index is 0.000000141. The minimum Gasteiger partial charge on any atom is -0.497 e. The number of aliphatic imine (C=N–C) groups is 3. The van der Waals surface area contributed by atoms with Gasteiger partial charge in [0.2, 0.25) is 0 Å². The van der Waals surface area contributed by atoms with Crippen LogP contribution in [0.1, 0.15) is 96.3 Å². The van der Waals surface area contributed by atoms with Gasteiger partial charge in [-0.25, -0.2) is 15.0 Å². The van der Waals surface area contributed by atoms with Crippen LogP contribution < -0.4 is 55.4 Å². The number of benzene rings is 8. The Morgan fingerprint density at radius 2 is 0.797 bits per heavy atom. The van der Waals surface area contributed by atoms with Gasteiger partial charge in [-0.3, -0.25) is 29.4 Å². The highest BCUT2D eigenvalue weighted by molar-refractivity contribution is 6.70. The second kappa shape index (κ2) is 43.0. The molecule has 128 heavy (non-hydrogen) atoms. The van der Waals surface area contributed by atoms with Crippen LogP contribution in [0.25, 0.3) is 0 Å². The molecule has 7 aliphatic rings. The Labute approximate surface area is 784 Å². The molecule has 3 aromatic heterocycles. The highest BCUT2D eigenvalue weighted by Crippen LogP contribution is 2.40. The number of ether oxygens (including phenoxy) is 2. The van der Waals surface area contributed by atoms with Crippen molar-refractivity contribution < 1.29 is 33.2 Å². The van der Waals surface area contributed by atoms with E-state index in [1.54, 1.807) is 43.4 Å². The number of carbonyl (C=O) groups excluding carboxylic acids is 3. The summed E-state index contributed by atoms with van der Waals surface area (Å²) < 4.78 is 22.8. The van der Waals surface area contributed by atoms with Crippen LogP contribution in [-0.2, 0) is 62.5 Å². The molecular formula is C99H102BCl7N14O7. The van der Waals surface area contributed by atoms with Gasteiger partial charge in [-0.1, -0.05) is 174 Å². The number of methoxy groups -OCH3 is 2. The molecule has 21 nitrogen and oxygen atoms in total. The predicted molar refractivity (Wildman–Crippen MR) is 522 cm³/mol. The molecule has 8 aromatic carbocycles. The predicted octanol–water partition coefficient (Wildman–Crippen LogP) is 17.7. The zero-order chi connectivity index (χ0) is 88.9. The van der Waals surface area contributed by atoms with Crippen LogP contribution in [-0.4, -0.2) is 178 Å². The van der Waals surface area contributed by atoms with Gasteiger partial charge in [0, 0.05) is 181 Å². The number of fused-ring (bicyclic) bond motifs is 3. The number of ketones is 1. The number of hydrogen-bond acceptors (Lipinski definition) is 19. The highest BCUT2D eigenvalue weighted by Gasteiger charge is 2.52. The molecule has 11 aromatic rings. The fourth-order valence-corrected chi connectivity index (χ4v) is 17.5. The monoisotopic (exact) mass is 1850 g/mol. The average molecular weight is 1860 g/mol. The molecule has 3 N–H and O–H groups in total. The molecular weight excluding hydrogens is 1760 g/mol. The number of pyridine rings is 3. The third-order valence-corrected chi connectivity index (χ3v) is 25.9. The van der Waals surface area contributed by atoms with Crippen molar-refractivity contribution in [2.45, 2.75) is 103 Å². The van der Waals surface area contributed by atoms with Gasteiger partial charge >= 0.3 is 7.12 Å². The number of anilines is 5. The van der Waals surface area contributed by atoms with Crippen LogP contribution in [0.4, 0.5) is 28.8 Å². The van der Waals surface area contributed by atoms with E-state index in [-0.39, 0.29) is 48.5 Å². The van der Waals surface area contributed by atoms with Gasteiger partial charge in [-0.05, 0) is 194 Å². The van der Waals surface area contributed by atoms with Gasteiger partial charge in [0.05, 0.1) is 61.3 Å². The van der Waals surface area contributed by atoms with Gasteiger partial charge in [0.1, 0.15) is 52.2 Å². The zero-order valence-electron chi connectivity index (χ0n) is 71.4. The van der Waals surface area contributed by atoms with E-state index in [1.807, 2.05) is 193 Å². The van der Waals surface area contributed by atoms with Crippen LogP contribution in [0, 0.1) is 0 Å². The molecule has 3 unspecified atom stereocenters. The summed E-state index contributed by atoms with van der Waals surface area (Å²) in [5.41, 5.74) is 12.9. The lowest BCUT2D eigenvalue weighted by molar-refractivity contribution is -0.120. The maximum absolute atomic E-state index is 14.4. The van der Waals surface area contributed by atoms with Crippen molar-refractivity contribution >= 4 is 157 Å². The minimum atomic E-state index is -0.711. The maximum Gasteiger partial charge on any atom is 0.495 e. The summed E-state index contributed by atoms with van der Waals surface area (Å²) in [4.78, 5) is 80.2. The second-order valence-electron chi connectivity index (χ2n) is 32.7. The number of hydrogen-bond donors (Lipinski definition) is 3. The summed E-state index contributed by atoms with van der Waals surface area (Å²) >= 11 is 45.0. The summed E-state index contributed by atoms with van der Waals surface area (Å²) in [5, 5.41) is 13.9. The van der Waals surface area contributed by atoms with Gasteiger partial charge in [0.15, 0.2) is 5.78 Å². The number of rotatable bonds is 18. The first-order chi connectivity index (χ1) is 61.4. The summed E-state index contributed by atoms with van der Waals surface area (Å²) in [7, 11) is 2.93. The van der Waals surface area contributed by atoms with E-state index in [4.69, 9.17) is 110 Å². The molecule has 0 saturated carbocycles. The van der Waals surface area contributed by atoms with Crippen molar-refractivity contribution in [3.8, 4) is 11.5 Å². The number of nitrogens with one attached hydrogen (secondary N) is 3. The SMILES string of the molecule is C.CC1(C)OB(c2ccnc(N3CCNCC3)c2)OC1(C)C.COc1ccc(CN2C(=O)C(Cc3ccccc3Cl)N=C(Cl)c3cc(Cl)ccc32)cc1.COc1ccc(CN2C(=O)C(Cc3ccccc3Cl)N=C(c3ccnc(N4CCNCC4)c3)c3cc(Cl)ccc32)cc1.O=C1Cc2ccc(Cl)cc2C(c2ccnc(N3CCNCC3)c2)=NC1Cc1ccccc1Cl. The smallest absolute Gasteiger partial charge is 0.495 e. The molecule has 0 aliphatic carbocycles. The lowest BCUT2D eigenvalue weighted by Crippen LogP contribution is -2.44. The fraction of sp³-hybridized carbons (Fsp3) is 0.303. The van der Waals surface area contributed by atoms with Crippen LogP contribution in [0.15, 0.2) is 246 Å². The van der Waals surface area contributed by atoms with Crippen LogP contribution in [0.2, 0.25) is 30.1 Å². The lowest BCUT2D eigenvalue weighted by Gasteiger charge is -2.32. The third kappa shape index (κ3) is 22.8. The number of aromatic nitrogens is 3. The van der Waals surface area contributed by atoms with E-state index in [0.717, 1.165) is 180 Å². The van der Waals surface area contributed by atoms with Crippen LogP contribution >= 0.6 is 81.2 Å². The quantitative estimate of drug-likeness (QED) is 0.0681. The van der Waals surface area contributed by atoms with Crippen molar-refractivity contribution in [3.05, 3.63) is 322 Å². The summed E-state index contributed by atoms with van der Waals surface area (Å²) in [6.07, 6.45) is 6.94. The van der Waals surface area contributed by atoms with Crippen molar-refractivity contribution in [2.24, 2.45) is 15.0 Å². The molecule has 3 atom stereocenters. The van der Waals surface area contributed by atoms with Crippen molar-refractivity contribution in [1.82, 2.24) is 30.9 Å². The van der Waals surface area contributed by atoms with Crippen LogP contribution in [0.5, 0.6) is 11.5 Å². The van der Waals surface area contributed by atoms with Crippen molar-refractivity contribution in [2.75, 3.05) is 117 Å². The summed E-state index contributed by atoms with van der Waals surface area (Å²) in [5.74, 6) is 4.12. The van der Waals surface area contributed by atoms with Gasteiger partial charge in [-0.15, -0.1) is 0 Å². The molecule has 4 saturated heterocycles. The Bertz CT molecular complexity index is 5860. The molecule has 4 fully saturated rings. The number of carbonyl (C=O) groups is 3. The standard InChI is InChI=1S/C33H31Cl2N5O2.C26H24Cl2N4O.C24H19Cl3N2O2.C15H24BN3O2.CH4/c1-42-26-9-6-22(7-10-26)21-40-30-11-8-25(34)20-27(30)32(24-12-13-37-31(19-24)39-16-14-36-15-17-39)38-29(33(40)41)18-23-4-2-3-5-28(23)35;27-20-6-5-17-14-24(33)23(13-18-3-1-2-4-22(18)28)31-26(21(17)16-20)19-7-8-30-25(15-19)32-11-9-29-10-12-32;1-31-18-9-6-15(7-10-18)14-29-22-11-8-17(25)13-19(22)23(27)28-21(24(29)30)12-16-4-2-3-5-20(16)26;1-14(2)15(3,4)21-16(20-14)12-5-6-18-13(11-12)19-9-7-17-8-10-19;/h2-13,19-20,29,36H,14-18,21H2,1H3;1-8,15-16,23,29H,9-14H2;2-11,13,21H,12,14H2,1H3;5-6,11,17H,7-10H2,1-4H3;1H4. The largest absolute Gasteiger partial charge is 0.497 e. The minimum absolute atomic E-state index is 0. The molecule has 29 heteroatoms. The van der Waals surface area contributed by atoms with Gasteiger partial charge < -0.3 is 59.2 Å². The molecule has 0 spiro atoms. The molecule has 0 radical (unpaired) electrons. The van der Waals surface area contributed by atoms with E-state index >= 15 is 0 Å². The first-order valence-electron chi connectivity index (χ1n) is 42.4. The number of benzodiazepines with no additional fused rings is 2. The number of amides is 2. The van der Waals surface area contributed by atoms with Gasteiger partial charge in [0.25, 0.3) is 11.8 Å². The lowest BCUT2D eigenvalue weighted by atomic mass is 9.79. The zero-order valence-corrected chi connectivity index (χ0v) is 76.7. The summed E-state index contributed by atoms with van der Waals surface area (Å²) in [6, 6.07) is 64.7. The van der Waals surface area contributed by atoms with Crippen molar-refractivity contribution in [1.29, 1.82) is 0 Å². The van der Waals surface area contributed by atoms with E-state index in [1.165, 1.54) is 0 Å². The molecule has 662 valence electrons. The summed E-state index contributed by atoms with van der Waals surface area (Å²) in [6.45, 7) is 20.2. The topological polar surface area (TPSA) is 216 Å². The molecule has 10 heterocycles. The molecule has 7 aliphatic heterocycles. The average Bonchev–Trinajstić information content (AvgIpc) is 1.60. The highest BCUT2D eigenvalue weighted by atomic mass is 35.5. The number of nitrogens with zero attached hydrogens (tertiary/aromatic N) is 11. The van der Waals surface area contributed by atoms with Crippen LogP contribution in [0.3, 0.4) is 0 Å². The Morgan fingerprint density at radius 1 is 0.422 bits per heavy atom. The molecule has 2 amide bonds. The maximum atomic E-state index is 14.4. The van der Waals surface area contributed by atoms with E-state index in [9.17, 15) is 14.4 Å². The number of piperazine rings is 3. The van der Waals surface area contributed by atoms with E-state index < -0.39 is 18.1 Å². The first-order valence-corrected chi connectivity index (χ1v) is 45.1. The Morgan fingerprint density at radius 3 is 1.24 bits per heavy atom. The normalized spacial score (nSPS) is 18.2. The number of Topliss-reactive ketones (excluding diaryl/α,β-unsaturated/α-hetero) is 1. The molecule has 18 rings (SSSR count). The van der Waals surface area contributed by atoms with E-state index in [2.05, 4.69) is 96.5 Å². The number of halogens is 7. The van der Waals surface area contributed by atoms with E-state index in [0.29, 0.717) is 85.9 Å². The van der Waals surface area contributed by atoms with Gasteiger partial charge in [-0.2, -0.15) is 0 Å². The third-order valence-electron chi connectivity index (χ3n) is 23.7. The molecule has 0 bridgehead atoms. The van der Waals surface area contributed by atoms with Crippen molar-refractivity contribution in [3.63, 3.8) is 0 Å². The fourth-order valence-electron chi connectivity index (χ4n) is 16.1. The second-order valence-corrected chi connectivity index (χ2v) is 35.6.